The first-order valence-electron chi connectivity index (χ1n) is 5.87. The second-order valence-corrected chi connectivity index (χ2v) is 6.92. The highest BCUT2D eigenvalue weighted by Crippen LogP contribution is 2.22. The number of carbonyl (C=O) groups excluding carboxylic acids is 1. The summed E-state index contributed by atoms with van der Waals surface area (Å²) in [6.07, 6.45) is -4.53. The first kappa shape index (κ1) is 17.8. The van der Waals surface area contributed by atoms with E-state index >= 15 is 0 Å². The Kier molecular flexibility index (Phi) is 5.27. The number of rotatable bonds is 4. The van der Waals surface area contributed by atoms with Crippen LogP contribution in [0, 0.1) is 6.92 Å². The Morgan fingerprint density at radius 3 is 2.33 bits per heavy atom. The standard InChI is InChI=1S/C12H13ClF3NO3S/c1-3-17(7-12(14,15)16)11(18)10-6-9(21(13,19)20)5-4-8(10)2/h4-6H,3,7H2,1-2H3. The average Bonchev–Trinajstić information content (AvgIpc) is 2.33. The molecule has 4 nitrogen and oxygen atoms in total. The second kappa shape index (κ2) is 6.23. The molecule has 0 radical (unpaired) electrons. The van der Waals surface area contributed by atoms with Crippen molar-refractivity contribution in [3.63, 3.8) is 0 Å². The molecule has 0 bridgehead atoms. The Morgan fingerprint density at radius 1 is 1.33 bits per heavy atom. The summed E-state index contributed by atoms with van der Waals surface area (Å²) in [5, 5.41) is 0. The molecule has 0 aliphatic heterocycles. The molecule has 21 heavy (non-hydrogen) atoms. The molecule has 0 aliphatic rings. The van der Waals surface area contributed by atoms with Gasteiger partial charge in [0.2, 0.25) is 0 Å². The first-order valence-corrected chi connectivity index (χ1v) is 8.18. The number of hydrogen-bond acceptors (Lipinski definition) is 3. The van der Waals surface area contributed by atoms with Crippen molar-refractivity contribution in [3.05, 3.63) is 29.3 Å². The van der Waals surface area contributed by atoms with Crippen LogP contribution >= 0.6 is 10.7 Å². The lowest BCUT2D eigenvalue weighted by Crippen LogP contribution is -2.39. The van der Waals surface area contributed by atoms with Crippen LogP contribution in [-0.4, -0.2) is 38.5 Å². The van der Waals surface area contributed by atoms with Gasteiger partial charge in [0, 0.05) is 22.8 Å². The number of nitrogens with zero attached hydrogens (tertiary/aromatic N) is 1. The normalized spacial score (nSPS) is 12.3. The van der Waals surface area contributed by atoms with Crippen molar-refractivity contribution in [1.82, 2.24) is 4.90 Å². The smallest absolute Gasteiger partial charge is 0.330 e. The van der Waals surface area contributed by atoms with Crippen molar-refractivity contribution in [2.45, 2.75) is 24.9 Å². The molecule has 1 aromatic carbocycles. The third-order valence-corrected chi connectivity index (χ3v) is 4.11. The van der Waals surface area contributed by atoms with Crippen molar-refractivity contribution in [2.24, 2.45) is 0 Å². The lowest BCUT2D eigenvalue weighted by atomic mass is 10.1. The predicted molar refractivity (Wildman–Crippen MR) is 71.9 cm³/mol. The van der Waals surface area contributed by atoms with Crippen molar-refractivity contribution in [3.8, 4) is 0 Å². The summed E-state index contributed by atoms with van der Waals surface area (Å²) in [7, 11) is 1.11. The van der Waals surface area contributed by atoms with Crippen LogP contribution in [-0.2, 0) is 9.05 Å². The van der Waals surface area contributed by atoms with Crippen LogP contribution in [0.5, 0.6) is 0 Å². The zero-order chi connectivity index (χ0) is 16.4. The minimum atomic E-state index is -4.53. The highest BCUT2D eigenvalue weighted by molar-refractivity contribution is 8.13. The van der Waals surface area contributed by atoms with Crippen molar-refractivity contribution in [2.75, 3.05) is 13.1 Å². The van der Waals surface area contributed by atoms with Gasteiger partial charge in [-0.3, -0.25) is 4.79 Å². The van der Waals surface area contributed by atoms with Crippen LogP contribution in [0.3, 0.4) is 0 Å². The van der Waals surface area contributed by atoms with E-state index in [0.717, 1.165) is 6.07 Å². The number of hydrogen-bond donors (Lipinski definition) is 0. The van der Waals surface area contributed by atoms with E-state index in [1.807, 2.05) is 0 Å². The number of benzene rings is 1. The van der Waals surface area contributed by atoms with Crippen LogP contribution < -0.4 is 0 Å². The zero-order valence-corrected chi connectivity index (χ0v) is 12.8. The maximum absolute atomic E-state index is 12.4. The van der Waals surface area contributed by atoms with Crippen LogP contribution in [0.25, 0.3) is 0 Å². The summed E-state index contributed by atoms with van der Waals surface area (Å²) in [6.45, 7) is 1.34. The summed E-state index contributed by atoms with van der Waals surface area (Å²) in [5.41, 5.74) is 0.243. The fraction of sp³-hybridized carbons (Fsp3) is 0.417. The van der Waals surface area contributed by atoms with E-state index in [1.54, 1.807) is 0 Å². The minimum absolute atomic E-state index is 0.122. The number of halogens is 4. The lowest BCUT2D eigenvalue weighted by Gasteiger charge is -2.23. The third kappa shape index (κ3) is 4.89. The van der Waals surface area contributed by atoms with Gasteiger partial charge in [0.1, 0.15) is 6.54 Å². The quantitative estimate of drug-likeness (QED) is 0.790. The minimum Gasteiger partial charge on any atom is -0.330 e. The molecule has 1 amide bonds. The molecule has 0 unspecified atom stereocenters. The Morgan fingerprint density at radius 2 is 1.90 bits per heavy atom. The van der Waals surface area contributed by atoms with Crippen LogP contribution in [0.2, 0.25) is 0 Å². The number of carbonyl (C=O) groups is 1. The molecule has 0 saturated heterocycles. The van der Waals surface area contributed by atoms with E-state index < -0.39 is 27.7 Å². The molecule has 1 aromatic rings. The molecule has 0 aromatic heterocycles. The molecule has 0 aliphatic carbocycles. The summed E-state index contributed by atoms with van der Waals surface area (Å²) in [4.78, 5) is 12.4. The topological polar surface area (TPSA) is 54.5 Å². The molecular weight excluding hydrogens is 331 g/mol. The Bertz CT molecular complexity index is 644. The van der Waals surface area contributed by atoms with Crippen LogP contribution in [0.1, 0.15) is 22.8 Å². The van der Waals surface area contributed by atoms with Gasteiger partial charge in [-0.25, -0.2) is 8.42 Å². The molecule has 0 N–H and O–H groups in total. The molecule has 0 atom stereocenters. The van der Waals surface area contributed by atoms with Crippen LogP contribution in [0.15, 0.2) is 23.1 Å². The van der Waals surface area contributed by atoms with Gasteiger partial charge in [0.05, 0.1) is 4.90 Å². The van der Waals surface area contributed by atoms with Gasteiger partial charge in [-0.2, -0.15) is 13.2 Å². The van der Waals surface area contributed by atoms with E-state index in [0.29, 0.717) is 10.5 Å². The largest absolute Gasteiger partial charge is 0.406 e. The Hall–Kier alpha value is -1.28. The van der Waals surface area contributed by atoms with E-state index in [1.165, 1.54) is 26.0 Å². The molecule has 0 fully saturated rings. The van der Waals surface area contributed by atoms with Gasteiger partial charge < -0.3 is 4.90 Å². The van der Waals surface area contributed by atoms with Crippen molar-refractivity contribution in [1.29, 1.82) is 0 Å². The molecule has 0 saturated carbocycles. The van der Waals surface area contributed by atoms with Crippen molar-refractivity contribution >= 4 is 25.6 Å². The molecule has 118 valence electrons. The molecule has 9 heteroatoms. The fourth-order valence-electron chi connectivity index (χ4n) is 1.70. The highest BCUT2D eigenvalue weighted by atomic mass is 35.7. The first-order chi connectivity index (χ1) is 9.45. The van der Waals surface area contributed by atoms with Gasteiger partial charge in [0.15, 0.2) is 0 Å². The lowest BCUT2D eigenvalue weighted by molar-refractivity contribution is -0.140. The van der Waals surface area contributed by atoms with Gasteiger partial charge >= 0.3 is 6.18 Å². The van der Waals surface area contributed by atoms with E-state index in [-0.39, 0.29) is 17.0 Å². The second-order valence-electron chi connectivity index (χ2n) is 4.35. The summed E-state index contributed by atoms with van der Waals surface area (Å²) in [6, 6.07) is 3.50. The summed E-state index contributed by atoms with van der Waals surface area (Å²) >= 11 is 0. The Labute approximate surface area is 124 Å². The van der Waals surface area contributed by atoms with Gasteiger partial charge in [-0.1, -0.05) is 6.07 Å². The zero-order valence-electron chi connectivity index (χ0n) is 11.2. The van der Waals surface area contributed by atoms with E-state index in [2.05, 4.69) is 0 Å². The monoisotopic (exact) mass is 343 g/mol. The third-order valence-electron chi connectivity index (χ3n) is 2.76. The summed E-state index contributed by atoms with van der Waals surface area (Å²) < 4.78 is 59.8. The summed E-state index contributed by atoms with van der Waals surface area (Å²) in [5.74, 6) is -0.894. The average molecular weight is 344 g/mol. The number of amides is 1. The maximum atomic E-state index is 12.4. The van der Waals surface area contributed by atoms with E-state index in [4.69, 9.17) is 10.7 Å². The fourth-order valence-corrected chi connectivity index (χ4v) is 2.47. The van der Waals surface area contributed by atoms with Gasteiger partial charge in [0.25, 0.3) is 15.0 Å². The molecular formula is C12H13ClF3NO3S. The Balaban J connectivity index is 3.22. The number of aryl methyl sites for hydroxylation is 1. The van der Waals surface area contributed by atoms with Crippen LogP contribution in [0.4, 0.5) is 13.2 Å². The number of alkyl halides is 3. The SMILES string of the molecule is CCN(CC(F)(F)F)C(=O)c1cc(S(=O)(=O)Cl)ccc1C. The van der Waals surface area contributed by atoms with Gasteiger partial charge in [-0.05, 0) is 31.5 Å². The molecule has 0 spiro atoms. The van der Waals surface area contributed by atoms with Gasteiger partial charge in [-0.15, -0.1) is 0 Å². The van der Waals surface area contributed by atoms with Crippen molar-refractivity contribution < 1.29 is 26.4 Å². The highest BCUT2D eigenvalue weighted by Gasteiger charge is 2.33. The molecule has 0 heterocycles. The maximum Gasteiger partial charge on any atom is 0.406 e. The molecule has 1 rings (SSSR count). The van der Waals surface area contributed by atoms with E-state index in [9.17, 15) is 26.4 Å². The predicted octanol–water partition coefficient (Wildman–Crippen LogP) is 2.95.